The summed E-state index contributed by atoms with van der Waals surface area (Å²) >= 11 is 0. The molecule has 4 nitrogen and oxygen atoms in total. The molecule has 0 radical (unpaired) electrons. The van der Waals surface area contributed by atoms with Crippen LogP contribution in [0.4, 0.5) is 0 Å². The summed E-state index contributed by atoms with van der Waals surface area (Å²) in [6, 6.07) is 8.17. The Balaban J connectivity index is 2.37. The molecule has 0 unspecified atom stereocenters. The van der Waals surface area contributed by atoms with Gasteiger partial charge in [-0.25, -0.2) is 0 Å². The van der Waals surface area contributed by atoms with Crippen LogP contribution in [0.25, 0.3) is 0 Å². The van der Waals surface area contributed by atoms with Crippen LogP contribution in [0.15, 0.2) is 23.3 Å². The van der Waals surface area contributed by atoms with Gasteiger partial charge in [-0.15, -0.1) is 0 Å². The molecular formula is C16H12N4. The Morgan fingerprint density at radius 2 is 1.40 bits per heavy atom. The molecule has 0 N–H and O–H groups in total. The second-order valence-electron chi connectivity index (χ2n) is 5.99. The first-order valence-corrected chi connectivity index (χ1v) is 6.54. The van der Waals surface area contributed by atoms with E-state index >= 15 is 0 Å². The zero-order valence-electron chi connectivity index (χ0n) is 11.3. The molecule has 0 saturated heterocycles. The first-order chi connectivity index (χ1) is 9.52. The molecule has 0 aliphatic heterocycles. The van der Waals surface area contributed by atoms with Crippen molar-refractivity contribution in [2.75, 3.05) is 0 Å². The highest BCUT2D eigenvalue weighted by atomic mass is 14.7. The molecule has 0 spiro atoms. The maximum absolute atomic E-state index is 9.65. The van der Waals surface area contributed by atoms with E-state index in [0.29, 0.717) is 0 Å². The zero-order valence-corrected chi connectivity index (χ0v) is 11.3. The van der Waals surface area contributed by atoms with E-state index in [-0.39, 0.29) is 23.7 Å². The van der Waals surface area contributed by atoms with E-state index in [1.165, 1.54) is 0 Å². The van der Waals surface area contributed by atoms with Gasteiger partial charge < -0.3 is 0 Å². The van der Waals surface area contributed by atoms with E-state index in [9.17, 15) is 21.0 Å². The topological polar surface area (TPSA) is 95.2 Å². The van der Waals surface area contributed by atoms with Crippen LogP contribution in [0.3, 0.4) is 0 Å². The molecule has 0 heterocycles. The molecule has 1 saturated carbocycles. The average Bonchev–Trinajstić information content (AvgIpc) is 2.44. The highest BCUT2D eigenvalue weighted by molar-refractivity contribution is 5.52. The van der Waals surface area contributed by atoms with E-state index in [1.54, 1.807) is 0 Å². The molecule has 0 aromatic carbocycles. The molecule has 4 atom stereocenters. The highest BCUT2D eigenvalue weighted by Gasteiger charge is 2.73. The Morgan fingerprint density at radius 1 is 0.850 bits per heavy atom. The molecule has 4 aliphatic carbocycles. The lowest BCUT2D eigenvalue weighted by Crippen LogP contribution is -2.63. The summed E-state index contributed by atoms with van der Waals surface area (Å²) in [5, 5.41) is 38.6. The maximum Gasteiger partial charge on any atom is 0.183 e. The molecule has 2 bridgehead atoms. The summed E-state index contributed by atoms with van der Waals surface area (Å²) in [5.41, 5.74) is -1.02. The minimum Gasteiger partial charge on any atom is -0.196 e. The first-order valence-electron chi connectivity index (χ1n) is 6.54. The molecule has 4 aliphatic rings. The summed E-state index contributed by atoms with van der Waals surface area (Å²) in [5.74, 6) is -0.482. The van der Waals surface area contributed by atoms with Crippen molar-refractivity contribution in [3.63, 3.8) is 0 Å². The minimum absolute atomic E-state index is 0.110. The number of nitrogens with zero attached hydrogens (tertiary/aromatic N) is 4. The van der Waals surface area contributed by atoms with Crippen molar-refractivity contribution in [2.24, 2.45) is 34.5 Å². The molecule has 0 aromatic rings. The number of hydrogen-bond donors (Lipinski definition) is 0. The van der Waals surface area contributed by atoms with E-state index in [2.05, 4.69) is 6.08 Å². The normalized spacial score (nSPS) is 37.7. The van der Waals surface area contributed by atoms with Crippen LogP contribution >= 0.6 is 0 Å². The van der Waals surface area contributed by atoms with Crippen LogP contribution in [0.2, 0.25) is 0 Å². The molecule has 4 rings (SSSR count). The predicted octanol–water partition coefficient (Wildman–Crippen LogP) is 2.45. The summed E-state index contributed by atoms with van der Waals surface area (Å²) in [7, 11) is 0. The molecule has 4 heteroatoms. The predicted molar refractivity (Wildman–Crippen MR) is 68.8 cm³/mol. The fraction of sp³-hybridized carbons (Fsp3) is 0.500. The lowest BCUT2D eigenvalue weighted by atomic mass is 9.36. The third-order valence-electron chi connectivity index (χ3n) is 5.39. The molecule has 0 amide bonds. The fourth-order valence-electron chi connectivity index (χ4n) is 4.55. The Morgan fingerprint density at radius 3 is 1.85 bits per heavy atom. The van der Waals surface area contributed by atoms with Gasteiger partial charge in [-0.3, -0.25) is 0 Å². The van der Waals surface area contributed by atoms with Crippen LogP contribution < -0.4 is 0 Å². The molecule has 1 fully saturated rings. The number of allylic oxidation sites excluding steroid dienone is 4. The fourth-order valence-corrected chi connectivity index (χ4v) is 4.55. The van der Waals surface area contributed by atoms with E-state index in [1.807, 2.05) is 44.2 Å². The Labute approximate surface area is 117 Å². The SMILES string of the molecule is CC1=C[C@@H]2[C@H]1[C@H]1C=C(C)[C@H]2C(C#N)(C#N)C1(C#N)C#N. The second-order valence-corrected chi connectivity index (χ2v) is 5.99. The third-order valence-corrected chi connectivity index (χ3v) is 5.39. The van der Waals surface area contributed by atoms with Gasteiger partial charge in [-0.2, -0.15) is 21.0 Å². The Kier molecular flexibility index (Phi) is 2.19. The van der Waals surface area contributed by atoms with Gasteiger partial charge >= 0.3 is 0 Å². The van der Waals surface area contributed by atoms with Gasteiger partial charge in [0.1, 0.15) is 0 Å². The zero-order chi connectivity index (χ0) is 14.7. The van der Waals surface area contributed by atoms with Gasteiger partial charge in [0.25, 0.3) is 0 Å². The Bertz CT molecular complexity index is 700. The minimum atomic E-state index is -1.57. The van der Waals surface area contributed by atoms with Gasteiger partial charge in [0, 0.05) is 11.8 Å². The smallest absolute Gasteiger partial charge is 0.183 e. The second kappa shape index (κ2) is 3.50. The van der Waals surface area contributed by atoms with Crippen molar-refractivity contribution < 1.29 is 0 Å². The largest absolute Gasteiger partial charge is 0.196 e. The van der Waals surface area contributed by atoms with Crippen molar-refractivity contribution >= 4 is 0 Å². The molecular weight excluding hydrogens is 248 g/mol. The summed E-state index contributed by atoms with van der Waals surface area (Å²) in [6.07, 6.45) is 4.03. The van der Waals surface area contributed by atoms with Gasteiger partial charge in [0.2, 0.25) is 0 Å². The van der Waals surface area contributed by atoms with E-state index in [4.69, 9.17) is 0 Å². The van der Waals surface area contributed by atoms with E-state index < -0.39 is 10.8 Å². The van der Waals surface area contributed by atoms with Crippen LogP contribution in [0.5, 0.6) is 0 Å². The number of nitriles is 4. The highest BCUT2D eigenvalue weighted by Crippen LogP contribution is 2.69. The lowest BCUT2D eigenvalue weighted by molar-refractivity contribution is -0.00608. The van der Waals surface area contributed by atoms with Gasteiger partial charge in [-0.05, 0) is 25.7 Å². The van der Waals surface area contributed by atoms with Crippen LogP contribution in [0, 0.1) is 79.8 Å². The number of rotatable bonds is 0. The molecule has 0 aromatic heterocycles. The van der Waals surface area contributed by atoms with Crippen LogP contribution in [-0.4, -0.2) is 0 Å². The number of fused-ring (bicyclic) bond motifs is 1. The number of hydrogen-bond acceptors (Lipinski definition) is 4. The van der Waals surface area contributed by atoms with Gasteiger partial charge in [-0.1, -0.05) is 23.3 Å². The van der Waals surface area contributed by atoms with Gasteiger partial charge in [0.15, 0.2) is 10.8 Å². The first kappa shape index (κ1) is 12.5. The van der Waals surface area contributed by atoms with Crippen molar-refractivity contribution in [1.29, 1.82) is 21.0 Å². The van der Waals surface area contributed by atoms with Gasteiger partial charge in [0.05, 0.1) is 24.3 Å². The van der Waals surface area contributed by atoms with Crippen molar-refractivity contribution in [2.45, 2.75) is 13.8 Å². The third kappa shape index (κ3) is 0.943. The van der Waals surface area contributed by atoms with Crippen molar-refractivity contribution in [1.82, 2.24) is 0 Å². The quantitative estimate of drug-likeness (QED) is 0.625. The van der Waals surface area contributed by atoms with Crippen LogP contribution in [0.1, 0.15) is 13.8 Å². The maximum atomic E-state index is 9.65. The van der Waals surface area contributed by atoms with E-state index in [0.717, 1.165) is 11.1 Å². The summed E-state index contributed by atoms with van der Waals surface area (Å²) in [4.78, 5) is 0. The summed E-state index contributed by atoms with van der Waals surface area (Å²) in [6.45, 7) is 3.89. The average molecular weight is 260 g/mol. The lowest BCUT2D eigenvalue weighted by Gasteiger charge is -2.61. The van der Waals surface area contributed by atoms with Crippen LogP contribution in [-0.2, 0) is 0 Å². The monoisotopic (exact) mass is 260 g/mol. The standard InChI is InChI=1S/C16H12N4/c1-9-3-11-13(9)12-4-10(2)14(11)16(7-19,8-20)15(12,5-17)6-18/h3-4,11-14H,1-2H3/t11-,12-,13+,14-/m1/s1. The van der Waals surface area contributed by atoms with Crippen molar-refractivity contribution in [3.05, 3.63) is 23.3 Å². The summed E-state index contributed by atoms with van der Waals surface area (Å²) < 4.78 is 0. The Hall–Kier alpha value is -2.56. The molecule has 20 heavy (non-hydrogen) atoms. The molecule has 96 valence electrons. The van der Waals surface area contributed by atoms with Crippen molar-refractivity contribution in [3.8, 4) is 24.3 Å².